The summed E-state index contributed by atoms with van der Waals surface area (Å²) in [6, 6.07) is 76.8. The van der Waals surface area contributed by atoms with Gasteiger partial charge in [-0.15, -0.1) is 0 Å². The van der Waals surface area contributed by atoms with Gasteiger partial charge in [-0.2, -0.15) is 0 Å². The second-order valence-corrected chi connectivity index (χ2v) is 39.7. The lowest BCUT2D eigenvalue weighted by Crippen LogP contribution is -2.49. The molecule has 7 saturated heterocycles. The van der Waals surface area contributed by atoms with Gasteiger partial charge in [0.25, 0.3) is 0 Å². The molecule has 0 saturated carbocycles. The fraction of sp³-hybridized carbons (Fsp3) is 0.550. The van der Waals surface area contributed by atoms with E-state index in [4.69, 9.17) is 5.73 Å². The Hall–Kier alpha value is -9.62. The molecule has 8 heterocycles. The average Bonchev–Trinajstić information content (AvgIpc) is 0.832. The number of benzene rings is 8. The van der Waals surface area contributed by atoms with Crippen molar-refractivity contribution in [2.24, 2.45) is 5.73 Å². The number of rotatable bonds is 24. The quantitative estimate of drug-likeness (QED) is 0.0270. The van der Waals surface area contributed by atoms with Crippen LogP contribution in [0.3, 0.4) is 0 Å². The van der Waals surface area contributed by atoms with Crippen LogP contribution in [0.2, 0.25) is 0 Å². The Labute approximate surface area is 805 Å². The first kappa shape index (κ1) is 107. The molecule has 22 heteroatoms. The van der Waals surface area contributed by atoms with E-state index in [-0.39, 0.29) is 0 Å². The lowest BCUT2D eigenvalue weighted by Gasteiger charge is -2.36. The fourth-order valence-electron chi connectivity index (χ4n) is 17.8. The SMILES string of the molecule is CC(C)Nc1ccc(C2=CCNCC2)cc1.CC(C)Nc1ccc(C2CCNCC2)cc1.CC(C)Nc1ccc(N2CCC(N)CC2)cc1.CC(C)Nc1ccc(N2CCNCC2)cc1.CC(C)Nc1ccc(N2CCNC[C@@H]2C)cc1.CC(C)Nc1ccc(N2CCNC[C@H]2C)cc1.CC(C)Nc1ccc(N2CCN[C@@H](C)C2)cc1.CC(C)Nc1ccc(N2CCN[C@H](C)C2)cc1. The molecule has 8 aromatic rings. The van der Waals surface area contributed by atoms with Crippen molar-refractivity contribution in [2.75, 3.05) is 216 Å². The fourth-order valence-corrected chi connectivity index (χ4v) is 17.8. The van der Waals surface area contributed by atoms with Crippen LogP contribution >= 0.6 is 0 Å². The van der Waals surface area contributed by atoms with Crippen molar-refractivity contribution in [3.8, 4) is 0 Å². The van der Waals surface area contributed by atoms with E-state index < -0.39 is 0 Å². The van der Waals surface area contributed by atoms with E-state index in [0.29, 0.717) is 78.5 Å². The molecule has 8 aromatic carbocycles. The van der Waals surface area contributed by atoms with Gasteiger partial charge in [-0.05, 0) is 383 Å². The number of piperazine rings is 5. The molecule has 17 N–H and O–H groups in total. The van der Waals surface area contributed by atoms with Crippen molar-refractivity contribution in [1.29, 1.82) is 0 Å². The summed E-state index contributed by atoms with van der Waals surface area (Å²) in [5, 5.41) is 51.2. The summed E-state index contributed by atoms with van der Waals surface area (Å²) in [4.78, 5) is 14.7. The summed E-state index contributed by atoms with van der Waals surface area (Å²) in [5.74, 6) is 0.759. The molecule has 0 bridgehead atoms. The largest absolute Gasteiger partial charge is 0.383 e. The smallest absolute Gasteiger partial charge is 0.0386 e. The lowest BCUT2D eigenvalue weighted by atomic mass is 9.90. The Morgan fingerprint density at radius 1 is 0.278 bits per heavy atom. The van der Waals surface area contributed by atoms with Gasteiger partial charge >= 0.3 is 0 Å². The molecule has 0 aliphatic carbocycles. The molecule has 732 valence electrons. The Balaban J connectivity index is 0.000000171. The van der Waals surface area contributed by atoms with Crippen LogP contribution in [0.25, 0.3) is 5.57 Å². The normalized spacial score (nSPS) is 18.9. The van der Waals surface area contributed by atoms with Crippen molar-refractivity contribution in [3.63, 3.8) is 0 Å². The van der Waals surface area contributed by atoms with E-state index in [1.165, 1.54) is 109 Å². The molecule has 22 nitrogen and oxygen atoms in total. The van der Waals surface area contributed by atoms with Gasteiger partial charge in [0, 0.05) is 283 Å². The van der Waals surface area contributed by atoms with Crippen LogP contribution in [0.15, 0.2) is 200 Å². The molecule has 0 aromatic heterocycles. The molecule has 0 spiro atoms. The van der Waals surface area contributed by atoms with E-state index in [2.05, 4.69) is 448 Å². The van der Waals surface area contributed by atoms with E-state index in [1.54, 1.807) is 0 Å². The van der Waals surface area contributed by atoms with Crippen molar-refractivity contribution in [1.82, 2.24) is 37.2 Å². The Morgan fingerprint density at radius 3 is 0.857 bits per heavy atom. The van der Waals surface area contributed by atoms with Crippen LogP contribution in [0.1, 0.15) is 188 Å². The maximum Gasteiger partial charge on any atom is 0.0386 e. The minimum Gasteiger partial charge on any atom is -0.383 e. The van der Waals surface area contributed by atoms with Crippen molar-refractivity contribution in [3.05, 3.63) is 211 Å². The van der Waals surface area contributed by atoms with Gasteiger partial charge < -0.3 is 115 Å². The number of hydrogen-bond acceptors (Lipinski definition) is 22. The highest BCUT2D eigenvalue weighted by Gasteiger charge is 2.24. The topological polar surface area (TPSA) is 226 Å². The third kappa shape index (κ3) is 40.1. The van der Waals surface area contributed by atoms with Crippen molar-refractivity contribution < 1.29 is 0 Å². The molecule has 7 fully saturated rings. The van der Waals surface area contributed by atoms with Crippen LogP contribution in [0.4, 0.5) is 79.6 Å². The van der Waals surface area contributed by atoms with Gasteiger partial charge in [0.2, 0.25) is 0 Å². The summed E-state index contributed by atoms with van der Waals surface area (Å²) in [5.41, 5.74) is 27.8. The molecule has 8 aliphatic heterocycles. The number of nitrogens with zero attached hydrogens (tertiary/aromatic N) is 6. The highest BCUT2D eigenvalue weighted by Crippen LogP contribution is 2.31. The Kier molecular flexibility index (Phi) is 46.7. The number of nitrogens with two attached hydrogens (primary N) is 1. The monoisotopic (exact) mass is 1820 g/mol. The van der Waals surface area contributed by atoms with Crippen LogP contribution in [-0.2, 0) is 0 Å². The standard InChI is InChI=1S/5C14H23N3.C14H22N2.C14H20N2.C13H21N3/c2*1-11(2)16-13-4-6-14(7-5-13)17-9-8-15-12(3)10-17;2*1-11(2)16-13-4-6-14(7-5-13)17-9-8-15-10-12(17)3;1-11(2)16-13-3-5-14(6-4-13)17-9-7-12(15)8-10-17;2*1-11(2)16-14-5-3-12(4-6-14)13-7-9-15-10-8-13;1-11(2)15-12-3-5-13(6-4-12)16-9-7-14-8-10-16/h4*4-7,11-12,15-16H,8-10H2,1-3H3;3-6,11-12,16H,7-10,15H2,1-2H3;3-6,11,13,15-16H,7-10H2,1-2H3;3-7,11,15-16H,8-10H2,1-2H3;3-6,11,14-15H,7-10H2,1-2H3/t4*12-;;;;/m1010..../s1. The summed E-state index contributed by atoms with van der Waals surface area (Å²) >= 11 is 0. The number of piperidine rings is 2. The molecule has 0 unspecified atom stereocenters. The number of anilines is 14. The van der Waals surface area contributed by atoms with Crippen LogP contribution in [-0.4, -0.2) is 223 Å². The summed E-state index contributed by atoms with van der Waals surface area (Å²) in [7, 11) is 0. The zero-order valence-electron chi connectivity index (χ0n) is 85.5. The van der Waals surface area contributed by atoms with Gasteiger partial charge in [-0.1, -0.05) is 30.3 Å². The second-order valence-electron chi connectivity index (χ2n) is 39.7. The lowest BCUT2D eigenvalue weighted by molar-refractivity contribution is 0.460. The third-order valence-corrected chi connectivity index (χ3v) is 24.4. The zero-order valence-corrected chi connectivity index (χ0v) is 85.5. The Bertz CT molecular complexity index is 4200. The van der Waals surface area contributed by atoms with E-state index in [1.807, 2.05) is 0 Å². The van der Waals surface area contributed by atoms with Crippen LogP contribution in [0, 0.1) is 0 Å². The first-order chi connectivity index (χ1) is 64.0. The minimum atomic E-state index is 0.396. The van der Waals surface area contributed by atoms with Gasteiger partial charge in [0.15, 0.2) is 0 Å². The Morgan fingerprint density at radius 2 is 0.556 bits per heavy atom. The molecular weight excluding hydrogens is 1640 g/mol. The third-order valence-electron chi connectivity index (χ3n) is 24.4. The highest BCUT2D eigenvalue weighted by molar-refractivity contribution is 5.69. The summed E-state index contributed by atoms with van der Waals surface area (Å²) in [6.07, 6.45) is 8.18. The maximum absolute atomic E-state index is 5.92. The first-order valence-electron chi connectivity index (χ1n) is 51.0. The van der Waals surface area contributed by atoms with Crippen LogP contribution < -0.4 is 115 Å². The first-order valence-corrected chi connectivity index (χ1v) is 51.0. The maximum atomic E-state index is 5.92. The summed E-state index contributed by atoms with van der Waals surface area (Å²) < 4.78 is 0. The van der Waals surface area contributed by atoms with Gasteiger partial charge in [0.05, 0.1) is 0 Å². The highest BCUT2D eigenvalue weighted by atomic mass is 15.2. The van der Waals surface area contributed by atoms with Gasteiger partial charge in [0.1, 0.15) is 0 Å². The van der Waals surface area contributed by atoms with E-state index >= 15 is 0 Å². The zero-order chi connectivity index (χ0) is 95.4. The molecule has 0 radical (unpaired) electrons. The van der Waals surface area contributed by atoms with Crippen molar-refractivity contribution >= 4 is 85.2 Å². The van der Waals surface area contributed by atoms with Gasteiger partial charge in [-0.25, -0.2) is 0 Å². The molecular formula is C111H178N22. The van der Waals surface area contributed by atoms with E-state index in [9.17, 15) is 0 Å². The molecule has 133 heavy (non-hydrogen) atoms. The van der Waals surface area contributed by atoms with Crippen molar-refractivity contribution in [2.45, 2.75) is 255 Å². The number of hydrogen-bond donors (Lipinski definition) is 16. The van der Waals surface area contributed by atoms with E-state index in [0.717, 1.165) is 169 Å². The minimum absolute atomic E-state index is 0.396. The average molecular weight is 1820 g/mol. The predicted molar refractivity (Wildman–Crippen MR) is 585 cm³/mol. The number of nitrogens with one attached hydrogen (secondary N) is 15. The second kappa shape index (κ2) is 58.0. The molecule has 0 amide bonds. The summed E-state index contributed by atoms with van der Waals surface area (Å²) in [6.45, 7) is 67.6. The van der Waals surface area contributed by atoms with Gasteiger partial charge in [-0.3, -0.25) is 0 Å². The molecule has 16 rings (SSSR count). The van der Waals surface area contributed by atoms with Crippen LogP contribution in [0.5, 0.6) is 0 Å². The molecule has 8 aliphatic rings. The predicted octanol–water partition coefficient (Wildman–Crippen LogP) is 19.4. The molecule has 4 atom stereocenters.